The molecule has 0 fully saturated rings. The number of hydrogen-bond acceptors (Lipinski definition) is 2. The highest BCUT2D eigenvalue weighted by Crippen LogP contribution is 2.22. The molecule has 1 N–H and O–H groups in total. The molecule has 0 heterocycles. The van der Waals surface area contributed by atoms with Crippen molar-refractivity contribution in [2.75, 3.05) is 0 Å². The van der Waals surface area contributed by atoms with Gasteiger partial charge in [0, 0.05) is 18.4 Å². The smallest absolute Gasteiger partial charge is 0.243 e. The molecule has 1 atom stereocenters. The Morgan fingerprint density at radius 2 is 1.78 bits per heavy atom. The number of nitrogens with one attached hydrogen (secondary N) is 1. The molecule has 18 heavy (non-hydrogen) atoms. The van der Waals surface area contributed by atoms with Crippen molar-refractivity contribution in [3.63, 3.8) is 0 Å². The van der Waals surface area contributed by atoms with E-state index in [0.29, 0.717) is 24.7 Å². The maximum Gasteiger partial charge on any atom is 0.243 e. The summed E-state index contributed by atoms with van der Waals surface area (Å²) in [5.41, 5.74) is -0.467. The summed E-state index contributed by atoms with van der Waals surface area (Å²) < 4.78 is 0. The normalized spacial score (nSPS) is 14.4. The molecule has 0 aliphatic rings. The van der Waals surface area contributed by atoms with Crippen LogP contribution < -0.4 is 5.32 Å². The summed E-state index contributed by atoms with van der Waals surface area (Å²) in [6.07, 6.45) is 3.00. The Labute approximate surface area is 111 Å². The first-order valence-corrected chi connectivity index (χ1v) is 6.65. The van der Waals surface area contributed by atoms with E-state index in [0.717, 1.165) is 6.42 Å². The second-order valence-electron chi connectivity index (χ2n) is 6.17. The second-order valence-corrected chi connectivity index (χ2v) is 6.17. The van der Waals surface area contributed by atoms with Gasteiger partial charge in [0.15, 0.2) is 0 Å². The quantitative estimate of drug-likeness (QED) is 0.676. The fraction of sp³-hybridized carbons (Fsp3) is 0.733. The number of hydrogen-bond donors (Lipinski definition) is 1. The Bertz CT molecular complexity index is 308. The first-order chi connectivity index (χ1) is 8.18. The van der Waals surface area contributed by atoms with Gasteiger partial charge in [0.1, 0.15) is 5.78 Å². The van der Waals surface area contributed by atoms with Gasteiger partial charge in [-0.1, -0.05) is 34.3 Å². The molecule has 0 aromatic heterocycles. The third-order valence-corrected chi connectivity index (χ3v) is 2.69. The first-order valence-electron chi connectivity index (χ1n) is 6.65. The van der Waals surface area contributed by atoms with Crippen LogP contribution >= 0.6 is 0 Å². The molecular formula is C15H27NO2. The van der Waals surface area contributed by atoms with Gasteiger partial charge in [0.25, 0.3) is 0 Å². The molecule has 1 unspecified atom stereocenters. The zero-order chi connectivity index (χ0) is 14.3. The molecule has 104 valence electrons. The standard InChI is InChI=1S/C15H27NO2/c1-7-14(18)16-15(6,9-12(4)5)10-13(17)8-11(2)3/h7,11-12H,1,8-10H2,2-6H3,(H,16,18). The van der Waals surface area contributed by atoms with Crippen molar-refractivity contribution >= 4 is 11.7 Å². The molecule has 0 aliphatic heterocycles. The van der Waals surface area contributed by atoms with Crippen LogP contribution in [0.2, 0.25) is 0 Å². The molecule has 0 spiro atoms. The minimum atomic E-state index is -0.467. The van der Waals surface area contributed by atoms with Crippen LogP contribution in [0.25, 0.3) is 0 Å². The molecule has 3 nitrogen and oxygen atoms in total. The van der Waals surface area contributed by atoms with Gasteiger partial charge in [0.2, 0.25) is 5.91 Å². The average molecular weight is 253 g/mol. The molecule has 0 saturated carbocycles. The van der Waals surface area contributed by atoms with Crippen molar-refractivity contribution in [1.82, 2.24) is 5.32 Å². The summed E-state index contributed by atoms with van der Waals surface area (Å²) >= 11 is 0. The summed E-state index contributed by atoms with van der Waals surface area (Å²) in [5, 5.41) is 2.90. The van der Waals surface area contributed by atoms with E-state index in [2.05, 4.69) is 25.7 Å². The van der Waals surface area contributed by atoms with Gasteiger partial charge in [-0.2, -0.15) is 0 Å². The SMILES string of the molecule is C=CC(=O)NC(C)(CC(=O)CC(C)C)CC(C)C. The van der Waals surface area contributed by atoms with E-state index < -0.39 is 5.54 Å². The van der Waals surface area contributed by atoms with E-state index in [1.54, 1.807) is 0 Å². The van der Waals surface area contributed by atoms with Crippen molar-refractivity contribution in [2.24, 2.45) is 11.8 Å². The molecule has 0 saturated heterocycles. The lowest BCUT2D eigenvalue weighted by Crippen LogP contribution is -2.47. The zero-order valence-electron chi connectivity index (χ0n) is 12.4. The van der Waals surface area contributed by atoms with E-state index >= 15 is 0 Å². The highest BCUT2D eigenvalue weighted by atomic mass is 16.1. The molecule has 0 aliphatic carbocycles. The summed E-state index contributed by atoms with van der Waals surface area (Å²) in [7, 11) is 0. The zero-order valence-corrected chi connectivity index (χ0v) is 12.4. The number of carbonyl (C=O) groups excluding carboxylic acids is 2. The van der Waals surface area contributed by atoms with Crippen molar-refractivity contribution in [3.05, 3.63) is 12.7 Å². The van der Waals surface area contributed by atoms with Gasteiger partial charge in [-0.3, -0.25) is 9.59 Å². The Morgan fingerprint density at radius 3 is 2.17 bits per heavy atom. The molecule has 0 radical (unpaired) electrons. The van der Waals surface area contributed by atoms with Crippen LogP contribution in [0, 0.1) is 11.8 Å². The van der Waals surface area contributed by atoms with E-state index in [1.807, 2.05) is 20.8 Å². The lowest BCUT2D eigenvalue weighted by Gasteiger charge is -2.32. The maximum atomic E-state index is 11.9. The Kier molecular flexibility index (Phi) is 6.89. The Hall–Kier alpha value is -1.12. The molecular weight excluding hydrogens is 226 g/mol. The van der Waals surface area contributed by atoms with E-state index in [4.69, 9.17) is 0 Å². The van der Waals surface area contributed by atoms with Gasteiger partial charge in [0.05, 0.1) is 0 Å². The minimum absolute atomic E-state index is 0.206. The van der Waals surface area contributed by atoms with Crippen LogP contribution in [-0.4, -0.2) is 17.2 Å². The van der Waals surface area contributed by atoms with Crippen molar-refractivity contribution in [1.29, 1.82) is 0 Å². The number of amides is 1. The van der Waals surface area contributed by atoms with Crippen LogP contribution in [0.15, 0.2) is 12.7 Å². The second kappa shape index (κ2) is 7.34. The van der Waals surface area contributed by atoms with Gasteiger partial charge in [-0.05, 0) is 31.3 Å². The lowest BCUT2D eigenvalue weighted by atomic mass is 9.84. The van der Waals surface area contributed by atoms with E-state index in [9.17, 15) is 9.59 Å². The Morgan fingerprint density at radius 1 is 1.22 bits per heavy atom. The van der Waals surface area contributed by atoms with E-state index in [-0.39, 0.29) is 11.7 Å². The molecule has 0 bridgehead atoms. The summed E-state index contributed by atoms with van der Waals surface area (Å²) in [6.45, 7) is 13.6. The fourth-order valence-corrected chi connectivity index (χ4v) is 2.38. The van der Waals surface area contributed by atoms with Crippen LogP contribution in [-0.2, 0) is 9.59 Å². The summed E-state index contributed by atoms with van der Waals surface area (Å²) in [4.78, 5) is 23.4. The number of ketones is 1. The number of carbonyl (C=O) groups is 2. The summed E-state index contributed by atoms with van der Waals surface area (Å²) in [6, 6.07) is 0. The largest absolute Gasteiger partial charge is 0.347 e. The fourth-order valence-electron chi connectivity index (χ4n) is 2.38. The van der Waals surface area contributed by atoms with Crippen molar-refractivity contribution in [3.8, 4) is 0 Å². The van der Waals surface area contributed by atoms with Gasteiger partial charge >= 0.3 is 0 Å². The molecule has 3 heteroatoms. The van der Waals surface area contributed by atoms with Crippen LogP contribution in [0.1, 0.15) is 53.9 Å². The maximum absolute atomic E-state index is 11.9. The molecule has 0 rings (SSSR count). The van der Waals surface area contributed by atoms with Gasteiger partial charge < -0.3 is 5.32 Å². The monoisotopic (exact) mass is 253 g/mol. The predicted molar refractivity (Wildman–Crippen MR) is 75.3 cm³/mol. The lowest BCUT2D eigenvalue weighted by molar-refractivity contribution is -0.122. The van der Waals surface area contributed by atoms with Crippen molar-refractivity contribution in [2.45, 2.75) is 59.4 Å². The minimum Gasteiger partial charge on any atom is -0.347 e. The predicted octanol–water partition coefficient (Wildman–Crippen LogP) is 3.10. The topological polar surface area (TPSA) is 46.2 Å². The molecule has 0 aromatic rings. The van der Waals surface area contributed by atoms with Crippen LogP contribution in [0.5, 0.6) is 0 Å². The number of rotatable bonds is 8. The summed E-state index contributed by atoms with van der Waals surface area (Å²) in [5.74, 6) is 0.774. The third kappa shape index (κ3) is 7.25. The number of Topliss-reactive ketones (excluding diaryl/α,β-unsaturated/α-hetero) is 1. The van der Waals surface area contributed by atoms with Crippen LogP contribution in [0.4, 0.5) is 0 Å². The van der Waals surface area contributed by atoms with Gasteiger partial charge in [-0.15, -0.1) is 0 Å². The average Bonchev–Trinajstić information content (AvgIpc) is 2.13. The Balaban J connectivity index is 4.70. The highest BCUT2D eigenvalue weighted by molar-refractivity contribution is 5.88. The first kappa shape index (κ1) is 16.9. The third-order valence-electron chi connectivity index (χ3n) is 2.69. The van der Waals surface area contributed by atoms with Crippen LogP contribution in [0.3, 0.4) is 0 Å². The highest BCUT2D eigenvalue weighted by Gasteiger charge is 2.29. The molecule has 0 aromatic carbocycles. The van der Waals surface area contributed by atoms with Gasteiger partial charge in [-0.25, -0.2) is 0 Å². The van der Waals surface area contributed by atoms with E-state index in [1.165, 1.54) is 6.08 Å². The van der Waals surface area contributed by atoms with Crippen molar-refractivity contribution < 1.29 is 9.59 Å². The molecule has 1 amide bonds.